The predicted molar refractivity (Wildman–Crippen MR) is 145 cm³/mol. The van der Waals surface area contributed by atoms with E-state index in [2.05, 4.69) is 6.92 Å². The molecule has 0 bridgehead atoms. The van der Waals surface area contributed by atoms with Crippen molar-refractivity contribution in [2.45, 2.75) is 82.4 Å². The molecule has 0 spiro atoms. The number of hydrogen-bond acceptors (Lipinski definition) is 0. The molecule has 0 nitrogen and oxygen atoms in total. The van der Waals surface area contributed by atoms with Crippen molar-refractivity contribution in [3.63, 3.8) is 0 Å². The molecular formula is C32H35ClF4. The van der Waals surface area contributed by atoms with Crippen LogP contribution in [0.5, 0.6) is 0 Å². The lowest BCUT2D eigenvalue weighted by molar-refractivity contribution is 0.203. The van der Waals surface area contributed by atoms with Gasteiger partial charge in [-0.05, 0) is 48.3 Å². The van der Waals surface area contributed by atoms with Crippen molar-refractivity contribution in [3.05, 3.63) is 83.4 Å². The molecule has 0 saturated heterocycles. The lowest BCUT2D eigenvalue weighted by atomic mass is 9.66. The number of hydrogen-bond donors (Lipinski definition) is 0. The van der Waals surface area contributed by atoms with Gasteiger partial charge < -0.3 is 0 Å². The first kappa shape index (κ1) is 27.7. The quantitative estimate of drug-likeness (QED) is 0.112. The van der Waals surface area contributed by atoms with Crippen LogP contribution in [0.1, 0.15) is 83.1 Å². The highest BCUT2D eigenvalue weighted by molar-refractivity contribution is 6.24. The van der Waals surface area contributed by atoms with Crippen molar-refractivity contribution in [1.29, 1.82) is 0 Å². The molecule has 198 valence electrons. The zero-order valence-electron chi connectivity index (χ0n) is 21.6. The Morgan fingerprint density at radius 3 is 1.97 bits per heavy atom. The first-order chi connectivity index (χ1) is 17.8. The second-order valence-electron chi connectivity index (χ2n) is 10.3. The minimum absolute atomic E-state index is 0.0505. The third-order valence-electron chi connectivity index (χ3n) is 8.11. The van der Waals surface area contributed by atoms with Crippen LogP contribution >= 0.6 is 11.6 Å². The van der Waals surface area contributed by atoms with Gasteiger partial charge in [0.2, 0.25) is 0 Å². The maximum absolute atomic E-state index is 15.7. The highest BCUT2D eigenvalue weighted by atomic mass is 35.5. The van der Waals surface area contributed by atoms with Crippen molar-refractivity contribution in [1.82, 2.24) is 0 Å². The Morgan fingerprint density at radius 1 is 0.784 bits per heavy atom. The Kier molecular flexibility index (Phi) is 9.00. The molecule has 1 aliphatic rings. The van der Waals surface area contributed by atoms with Gasteiger partial charge in [-0.3, -0.25) is 0 Å². The molecule has 3 atom stereocenters. The summed E-state index contributed by atoms with van der Waals surface area (Å²) in [5.41, 5.74) is 0.633. The summed E-state index contributed by atoms with van der Waals surface area (Å²) < 4.78 is 62.4. The Hall–Kier alpha value is -2.33. The fourth-order valence-corrected chi connectivity index (χ4v) is 6.78. The minimum atomic E-state index is -1.36. The van der Waals surface area contributed by atoms with Crippen molar-refractivity contribution >= 4 is 11.6 Å². The number of benzene rings is 3. The second-order valence-corrected chi connectivity index (χ2v) is 11.0. The molecule has 37 heavy (non-hydrogen) atoms. The Bertz CT molecular complexity index is 1160. The monoisotopic (exact) mass is 530 g/mol. The molecule has 1 saturated carbocycles. The highest BCUT2D eigenvalue weighted by Gasteiger charge is 2.47. The van der Waals surface area contributed by atoms with Crippen LogP contribution in [0, 0.1) is 29.2 Å². The SMILES string of the molecule is CCCCCC1CCCCC1(Cl)C(CC)c1c(F)c(F)c(-c2ccc(-c3ccccc3)cc2)c(F)c1F. The van der Waals surface area contributed by atoms with Crippen molar-refractivity contribution in [2.75, 3.05) is 0 Å². The second kappa shape index (κ2) is 12.0. The molecule has 3 unspecified atom stereocenters. The van der Waals surface area contributed by atoms with E-state index in [0.29, 0.717) is 12.8 Å². The summed E-state index contributed by atoms with van der Waals surface area (Å²) >= 11 is 7.22. The van der Waals surface area contributed by atoms with Gasteiger partial charge in [-0.15, -0.1) is 11.6 Å². The first-order valence-electron chi connectivity index (χ1n) is 13.5. The van der Waals surface area contributed by atoms with Crippen LogP contribution in [0.2, 0.25) is 0 Å². The van der Waals surface area contributed by atoms with Crippen molar-refractivity contribution in [2.24, 2.45) is 5.92 Å². The summed E-state index contributed by atoms with van der Waals surface area (Å²) in [5, 5.41) is 0. The lowest BCUT2D eigenvalue weighted by Gasteiger charge is -2.45. The van der Waals surface area contributed by atoms with Crippen molar-refractivity contribution in [3.8, 4) is 22.3 Å². The first-order valence-corrected chi connectivity index (χ1v) is 13.9. The summed E-state index contributed by atoms with van der Waals surface area (Å²) in [6, 6.07) is 15.9. The molecular weight excluding hydrogens is 496 g/mol. The Labute approximate surface area is 223 Å². The van der Waals surface area contributed by atoms with Gasteiger partial charge in [-0.25, -0.2) is 17.6 Å². The molecule has 0 aromatic heterocycles. The van der Waals surface area contributed by atoms with E-state index < -0.39 is 45.2 Å². The summed E-state index contributed by atoms with van der Waals surface area (Å²) in [4.78, 5) is -0.930. The Morgan fingerprint density at radius 2 is 1.38 bits per heavy atom. The predicted octanol–water partition coefficient (Wildman–Crippen LogP) is 10.8. The van der Waals surface area contributed by atoms with Crippen LogP contribution in [0.15, 0.2) is 54.6 Å². The summed E-state index contributed by atoms with van der Waals surface area (Å²) in [7, 11) is 0. The van der Waals surface area contributed by atoms with Gasteiger partial charge in [0.15, 0.2) is 23.3 Å². The van der Waals surface area contributed by atoms with Gasteiger partial charge in [0, 0.05) is 11.5 Å². The number of alkyl halides is 1. The minimum Gasteiger partial charge on any atom is -0.203 e. The van der Waals surface area contributed by atoms with Gasteiger partial charge in [-0.1, -0.05) is 101 Å². The van der Waals surface area contributed by atoms with Gasteiger partial charge in [0.25, 0.3) is 0 Å². The number of unbranched alkanes of at least 4 members (excludes halogenated alkanes) is 2. The number of halogens is 5. The van der Waals surface area contributed by atoms with Crippen LogP contribution in [0.4, 0.5) is 17.6 Å². The molecule has 0 aliphatic heterocycles. The van der Waals surface area contributed by atoms with Gasteiger partial charge >= 0.3 is 0 Å². The van der Waals surface area contributed by atoms with E-state index in [9.17, 15) is 0 Å². The molecule has 1 aliphatic carbocycles. The van der Waals surface area contributed by atoms with E-state index in [-0.39, 0.29) is 11.5 Å². The molecule has 0 radical (unpaired) electrons. The molecule has 5 heteroatoms. The molecule has 0 heterocycles. The Balaban J connectivity index is 1.74. The van der Waals surface area contributed by atoms with Crippen LogP contribution < -0.4 is 0 Å². The largest absolute Gasteiger partial charge is 0.203 e. The summed E-state index contributed by atoms with van der Waals surface area (Å²) in [6.07, 6.45) is 7.55. The smallest absolute Gasteiger partial charge is 0.170 e. The van der Waals surface area contributed by atoms with E-state index in [1.807, 2.05) is 30.3 Å². The molecule has 4 rings (SSSR count). The summed E-state index contributed by atoms with van der Waals surface area (Å²) in [6.45, 7) is 3.91. The van der Waals surface area contributed by atoms with Gasteiger partial charge in [-0.2, -0.15) is 0 Å². The molecule has 0 amide bonds. The molecule has 3 aromatic carbocycles. The average Bonchev–Trinajstić information content (AvgIpc) is 2.92. The normalized spacial score (nSPS) is 20.7. The van der Waals surface area contributed by atoms with E-state index in [0.717, 1.165) is 56.1 Å². The number of rotatable bonds is 9. The van der Waals surface area contributed by atoms with E-state index in [1.165, 1.54) is 12.1 Å². The average molecular weight is 531 g/mol. The van der Waals surface area contributed by atoms with Crippen molar-refractivity contribution < 1.29 is 17.6 Å². The molecule has 3 aromatic rings. The highest BCUT2D eigenvalue weighted by Crippen LogP contribution is 2.53. The van der Waals surface area contributed by atoms with Crippen LogP contribution in [0.25, 0.3) is 22.3 Å². The third-order valence-corrected chi connectivity index (χ3v) is 8.87. The van der Waals surface area contributed by atoms with Crippen LogP contribution in [-0.4, -0.2) is 4.87 Å². The standard InChI is InChI=1S/C32H35ClF4/c1-3-5-7-14-24-15-10-11-20-32(24,33)25(4-2)27-30(36)28(34)26(29(35)31(27)37)23-18-16-22(17-19-23)21-12-8-6-9-13-21/h6,8-9,12-13,16-19,24-25H,3-5,7,10-11,14-15,20H2,1-2H3. The fraction of sp³-hybridized carbons (Fsp3) is 0.438. The van der Waals surface area contributed by atoms with E-state index in [4.69, 9.17) is 11.6 Å². The summed E-state index contributed by atoms with van der Waals surface area (Å²) in [5.74, 6) is -6.15. The molecule has 0 N–H and O–H groups in total. The zero-order valence-corrected chi connectivity index (χ0v) is 22.4. The van der Waals surface area contributed by atoms with Gasteiger partial charge in [0.05, 0.1) is 10.4 Å². The molecule has 1 fully saturated rings. The lowest BCUT2D eigenvalue weighted by Crippen LogP contribution is -2.42. The fourth-order valence-electron chi connectivity index (χ4n) is 6.17. The maximum atomic E-state index is 15.7. The van der Waals surface area contributed by atoms with E-state index >= 15 is 17.6 Å². The zero-order chi connectivity index (χ0) is 26.6. The van der Waals surface area contributed by atoms with Crippen LogP contribution in [0.3, 0.4) is 0 Å². The maximum Gasteiger partial charge on any atom is 0.170 e. The van der Waals surface area contributed by atoms with E-state index in [1.54, 1.807) is 19.1 Å². The van der Waals surface area contributed by atoms with Gasteiger partial charge in [0.1, 0.15) is 0 Å². The topological polar surface area (TPSA) is 0 Å². The third kappa shape index (κ3) is 5.46. The van der Waals surface area contributed by atoms with Crippen LogP contribution in [-0.2, 0) is 0 Å².